The van der Waals surface area contributed by atoms with Gasteiger partial charge in [-0.25, -0.2) is 4.99 Å². The van der Waals surface area contributed by atoms with Gasteiger partial charge in [-0.3, -0.25) is 9.59 Å². The van der Waals surface area contributed by atoms with Crippen LogP contribution in [-0.2, 0) is 9.53 Å². The minimum atomic E-state index is -0.327. The Morgan fingerprint density at radius 1 is 0.879 bits per heavy atom. The maximum atomic E-state index is 12.8. The van der Waals surface area contributed by atoms with Crippen molar-refractivity contribution in [3.8, 4) is 0 Å². The lowest BCUT2D eigenvalue weighted by Crippen LogP contribution is -2.05. The quantitative estimate of drug-likeness (QED) is 0.188. The van der Waals surface area contributed by atoms with Gasteiger partial charge in [0.2, 0.25) is 0 Å². The average molecular weight is 460 g/mol. The molecule has 0 spiro atoms. The van der Waals surface area contributed by atoms with Crippen molar-refractivity contribution in [1.82, 2.24) is 0 Å². The minimum Gasteiger partial charge on any atom is -0.443 e. The summed E-state index contributed by atoms with van der Waals surface area (Å²) in [6.07, 6.45) is 2.95. The molecule has 0 aliphatic rings. The zero-order valence-electron chi connectivity index (χ0n) is 19.3. The van der Waals surface area contributed by atoms with Crippen LogP contribution in [0, 0.1) is 6.92 Å². The van der Waals surface area contributed by atoms with Crippen LogP contribution in [0.5, 0.6) is 0 Å². The second-order valence-electron chi connectivity index (χ2n) is 7.77. The predicted octanol–water partition coefficient (Wildman–Crippen LogP) is 6.88. The Morgan fingerprint density at radius 3 is 2.06 bits per heavy atom. The number of hydrogen-bond acceptors (Lipinski definition) is 5. The average Bonchev–Trinajstić information content (AvgIpc) is 2.82. The Morgan fingerprint density at radius 2 is 1.48 bits per heavy atom. The van der Waals surface area contributed by atoms with Crippen LogP contribution in [0.25, 0.3) is 0 Å². The van der Waals surface area contributed by atoms with E-state index in [0.717, 1.165) is 51.5 Å². The summed E-state index contributed by atoms with van der Waals surface area (Å²) in [5.74, 6) is -0.284. The summed E-state index contributed by atoms with van der Waals surface area (Å²) in [7, 11) is 0. The number of aliphatic imine (C=N–C) groups is 1. The van der Waals surface area contributed by atoms with Gasteiger partial charge in [-0.05, 0) is 67.3 Å². The fraction of sp³-hybridized carbons (Fsp3) is 0.250. The molecule has 3 rings (SSSR count). The van der Waals surface area contributed by atoms with Gasteiger partial charge in [0.1, 0.15) is 0 Å². The molecule has 3 aromatic rings. The highest BCUT2D eigenvalue weighted by molar-refractivity contribution is 7.99. The lowest BCUT2D eigenvalue weighted by atomic mass is 9.99. The summed E-state index contributed by atoms with van der Waals surface area (Å²) in [4.78, 5) is 30.5. The van der Waals surface area contributed by atoms with E-state index in [4.69, 9.17) is 4.74 Å². The summed E-state index contributed by atoms with van der Waals surface area (Å²) in [6.45, 7) is 5.54. The molecular formula is C28H29NO3S. The van der Waals surface area contributed by atoms with E-state index in [2.05, 4.69) is 36.2 Å². The van der Waals surface area contributed by atoms with Crippen molar-refractivity contribution in [3.63, 3.8) is 0 Å². The number of ether oxygens (including phenoxy) is 1. The number of carbonyl (C=O) groups is 2. The third-order valence-electron chi connectivity index (χ3n) is 5.22. The largest absolute Gasteiger partial charge is 0.443 e. The van der Waals surface area contributed by atoms with E-state index in [-0.39, 0.29) is 18.5 Å². The van der Waals surface area contributed by atoms with Crippen molar-refractivity contribution in [1.29, 1.82) is 0 Å². The number of hydrogen-bond donors (Lipinski definition) is 0. The van der Waals surface area contributed by atoms with E-state index < -0.39 is 0 Å². The third kappa shape index (κ3) is 7.16. The van der Waals surface area contributed by atoms with Gasteiger partial charge in [0, 0.05) is 33.6 Å². The monoisotopic (exact) mass is 459 g/mol. The Labute approximate surface area is 200 Å². The Balaban J connectivity index is 1.68. The molecular weight excluding hydrogens is 430 g/mol. The molecule has 0 radical (unpaired) electrons. The molecule has 3 aromatic carbocycles. The van der Waals surface area contributed by atoms with Crippen LogP contribution in [0.4, 0.5) is 0 Å². The Bertz CT molecular complexity index is 1120. The molecule has 33 heavy (non-hydrogen) atoms. The highest BCUT2D eigenvalue weighted by Gasteiger charge is 2.11. The predicted molar refractivity (Wildman–Crippen MR) is 134 cm³/mol. The van der Waals surface area contributed by atoms with Crippen LogP contribution in [0.2, 0.25) is 0 Å². The number of benzene rings is 3. The third-order valence-corrected chi connectivity index (χ3v) is 6.24. The van der Waals surface area contributed by atoms with Crippen LogP contribution in [0.1, 0.15) is 60.2 Å². The molecule has 0 aliphatic carbocycles. The summed E-state index contributed by atoms with van der Waals surface area (Å²) in [5, 5.41) is 0. The Kier molecular flexibility index (Phi) is 9.02. The number of unbranched alkanes of at least 4 members (excludes halogenated alkanes) is 1. The molecule has 0 aromatic heterocycles. The standard InChI is InChI=1S/C28H29NO3S/c1-4-5-10-27(29-19-32-21(3)30)22-11-15-24(16-12-22)33-25-17-13-23(14-18-25)28(31)26-9-7-6-8-20(26)2/h6-9,11-18H,4-5,10,19H2,1-3H3/b29-27+. The van der Waals surface area contributed by atoms with Gasteiger partial charge in [-0.1, -0.05) is 61.5 Å². The van der Waals surface area contributed by atoms with Crippen molar-refractivity contribution >= 4 is 29.2 Å². The molecule has 170 valence electrons. The molecule has 0 unspecified atom stereocenters. The summed E-state index contributed by atoms with van der Waals surface area (Å²) in [6, 6.07) is 23.6. The second kappa shape index (κ2) is 12.2. The number of rotatable bonds is 10. The van der Waals surface area contributed by atoms with Gasteiger partial charge in [-0.2, -0.15) is 0 Å². The zero-order chi connectivity index (χ0) is 23.6. The van der Waals surface area contributed by atoms with Crippen LogP contribution in [-0.4, -0.2) is 24.2 Å². The van der Waals surface area contributed by atoms with Crippen molar-refractivity contribution in [2.75, 3.05) is 6.73 Å². The number of ketones is 1. The molecule has 4 nitrogen and oxygen atoms in total. The van der Waals surface area contributed by atoms with Gasteiger partial charge in [-0.15, -0.1) is 0 Å². The number of carbonyl (C=O) groups excluding carboxylic acids is 2. The molecule has 0 N–H and O–H groups in total. The topological polar surface area (TPSA) is 55.7 Å². The van der Waals surface area contributed by atoms with Crippen LogP contribution in [0.15, 0.2) is 87.6 Å². The molecule has 0 aliphatic heterocycles. The van der Waals surface area contributed by atoms with Gasteiger partial charge in [0.15, 0.2) is 12.5 Å². The molecule has 0 atom stereocenters. The van der Waals surface area contributed by atoms with Gasteiger partial charge in [0.25, 0.3) is 0 Å². The fourth-order valence-electron chi connectivity index (χ4n) is 3.37. The highest BCUT2D eigenvalue weighted by Crippen LogP contribution is 2.29. The first kappa shape index (κ1) is 24.5. The zero-order valence-corrected chi connectivity index (χ0v) is 20.2. The van der Waals surface area contributed by atoms with E-state index in [9.17, 15) is 9.59 Å². The van der Waals surface area contributed by atoms with Crippen LogP contribution < -0.4 is 0 Å². The van der Waals surface area contributed by atoms with E-state index in [0.29, 0.717) is 5.56 Å². The van der Waals surface area contributed by atoms with Crippen LogP contribution in [0.3, 0.4) is 0 Å². The lowest BCUT2D eigenvalue weighted by molar-refractivity contribution is -0.140. The number of esters is 1. The smallest absolute Gasteiger partial charge is 0.304 e. The van der Waals surface area contributed by atoms with Gasteiger partial charge < -0.3 is 4.74 Å². The van der Waals surface area contributed by atoms with E-state index in [1.54, 1.807) is 11.8 Å². The van der Waals surface area contributed by atoms with Crippen molar-refractivity contribution in [2.24, 2.45) is 4.99 Å². The second-order valence-corrected chi connectivity index (χ2v) is 8.92. The first-order valence-electron chi connectivity index (χ1n) is 11.1. The maximum Gasteiger partial charge on any atom is 0.304 e. The molecule has 0 amide bonds. The van der Waals surface area contributed by atoms with Crippen LogP contribution >= 0.6 is 11.8 Å². The first-order valence-corrected chi connectivity index (χ1v) is 11.9. The van der Waals surface area contributed by atoms with E-state index >= 15 is 0 Å². The molecule has 0 saturated heterocycles. The number of nitrogens with zero attached hydrogens (tertiary/aromatic N) is 1. The molecule has 5 heteroatoms. The summed E-state index contributed by atoms with van der Waals surface area (Å²) < 4.78 is 4.98. The number of aryl methyl sites for hydroxylation is 1. The minimum absolute atomic E-state index is 0.0432. The van der Waals surface area contributed by atoms with E-state index in [1.807, 2.05) is 55.5 Å². The SMILES string of the molecule is CCCC/C(=N\COC(C)=O)c1ccc(Sc2ccc(C(=O)c3ccccc3C)cc2)cc1. The van der Waals surface area contributed by atoms with Crippen molar-refractivity contribution in [2.45, 2.75) is 49.8 Å². The lowest BCUT2D eigenvalue weighted by Gasteiger charge is -2.09. The molecule has 0 bridgehead atoms. The highest BCUT2D eigenvalue weighted by atomic mass is 32.2. The summed E-state index contributed by atoms with van der Waals surface area (Å²) in [5.41, 5.74) is 4.40. The van der Waals surface area contributed by atoms with Gasteiger partial charge >= 0.3 is 5.97 Å². The Hall–Kier alpha value is -3.18. The molecule has 0 heterocycles. The molecule has 0 saturated carbocycles. The van der Waals surface area contributed by atoms with Crippen molar-refractivity contribution < 1.29 is 14.3 Å². The van der Waals surface area contributed by atoms with Crippen molar-refractivity contribution in [3.05, 3.63) is 95.1 Å². The fourth-order valence-corrected chi connectivity index (χ4v) is 4.19. The maximum absolute atomic E-state index is 12.8. The van der Waals surface area contributed by atoms with E-state index in [1.165, 1.54) is 6.92 Å². The normalized spacial score (nSPS) is 11.3. The van der Waals surface area contributed by atoms with Gasteiger partial charge in [0.05, 0.1) is 0 Å². The summed E-state index contributed by atoms with van der Waals surface area (Å²) >= 11 is 1.65. The first-order chi connectivity index (χ1) is 16.0. The molecule has 0 fully saturated rings.